The van der Waals surface area contributed by atoms with Gasteiger partial charge < -0.3 is 4.74 Å². The van der Waals surface area contributed by atoms with Gasteiger partial charge in [-0.15, -0.1) is 0 Å². The topological polar surface area (TPSA) is 21.6 Å². The highest BCUT2D eigenvalue weighted by molar-refractivity contribution is 6.42. The standard InChI is InChI=1S/C26H35Cl2NO/c1-2-3-4-5-6-7-8-9-10-11-18-29-20-22-12-15-24(16-13-22)30-21-23-14-17-25(27)26(28)19-23/h12-17,19-20H,2-11,18,21H2,1H3/b29-20+. The van der Waals surface area contributed by atoms with Gasteiger partial charge in [-0.25, -0.2) is 0 Å². The highest BCUT2D eigenvalue weighted by Gasteiger charge is 2.01. The third-order valence-electron chi connectivity index (χ3n) is 5.15. The Bertz CT molecular complexity index is 743. The van der Waals surface area contributed by atoms with Crippen molar-refractivity contribution in [2.45, 2.75) is 77.7 Å². The van der Waals surface area contributed by atoms with Gasteiger partial charge in [0.15, 0.2) is 0 Å². The Balaban J connectivity index is 1.55. The SMILES string of the molecule is CCCCCCCCCCCC/N=C/c1ccc(OCc2ccc(Cl)c(Cl)c2)cc1. The molecular formula is C26H35Cl2NO. The Kier molecular flexibility index (Phi) is 12.6. The number of halogens is 2. The van der Waals surface area contributed by atoms with E-state index in [4.69, 9.17) is 27.9 Å². The lowest BCUT2D eigenvalue weighted by Gasteiger charge is -2.07. The van der Waals surface area contributed by atoms with Crippen molar-refractivity contribution in [3.63, 3.8) is 0 Å². The molecule has 2 aromatic rings. The zero-order valence-corrected chi connectivity index (χ0v) is 19.7. The minimum Gasteiger partial charge on any atom is -0.489 e. The molecule has 0 aliphatic rings. The van der Waals surface area contributed by atoms with Gasteiger partial charge in [0.1, 0.15) is 12.4 Å². The van der Waals surface area contributed by atoms with E-state index in [1.807, 2.05) is 42.6 Å². The molecule has 0 N–H and O–H groups in total. The smallest absolute Gasteiger partial charge is 0.119 e. The number of ether oxygens (including phenoxy) is 1. The fourth-order valence-electron chi connectivity index (χ4n) is 3.31. The first-order valence-corrected chi connectivity index (χ1v) is 12.1. The van der Waals surface area contributed by atoms with E-state index in [-0.39, 0.29) is 0 Å². The van der Waals surface area contributed by atoms with E-state index in [0.29, 0.717) is 16.7 Å². The van der Waals surface area contributed by atoms with E-state index in [0.717, 1.165) is 23.4 Å². The Morgan fingerprint density at radius 3 is 2.03 bits per heavy atom. The summed E-state index contributed by atoms with van der Waals surface area (Å²) >= 11 is 12.0. The summed E-state index contributed by atoms with van der Waals surface area (Å²) in [4.78, 5) is 4.56. The average Bonchev–Trinajstić information content (AvgIpc) is 2.76. The second kappa shape index (κ2) is 15.3. The summed E-state index contributed by atoms with van der Waals surface area (Å²) in [5.74, 6) is 0.827. The van der Waals surface area contributed by atoms with E-state index in [9.17, 15) is 0 Å². The van der Waals surface area contributed by atoms with E-state index < -0.39 is 0 Å². The fraction of sp³-hybridized carbons (Fsp3) is 0.500. The van der Waals surface area contributed by atoms with E-state index in [2.05, 4.69) is 11.9 Å². The van der Waals surface area contributed by atoms with Crippen molar-refractivity contribution in [2.24, 2.45) is 4.99 Å². The fourth-order valence-corrected chi connectivity index (χ4v) is 3.63. The highest BCUT2D eigenvalue weighted by atomic mass is 35.5. The van der Waals surface area contributed by atoms with Crippen molar-refractivity contribution in [2.75, 3.05) is 6.54 Å². The van der Waals surface area contributed by atoms with Gasteiger partial charge in [0.05, 0.1) is 10.0 Å². The molecule has 0 bridgehead atoms. The van der Waals surface area contributed by atoms with Crippen molar-refractivity contribution in [3.8, 4) is 5.75 Å². The second-order valence-corrected chi connectivity index (χ2v) is 8.64. The first kappa shape index (κ1) is 24.8. The first-order valence-electron chi connectivity index (χ1n) is 11.4. The number of hydrogen-bond acceptors (Lipinski definition) is 2. The maximum atomic E-state index is 6.04. The molecule has 0 aliphatic carbocycles. The van der Waals surface area contributed by atoms with Crippen molar-refractivity contribution < 1.29 is 4.74 Å². The van der Waals surface area contributed by atoms with Crippen LogP contribution in [0.3, 0.4) is 0 Å². The van der Waals surface area contributed by atoms with Gasteiger partial charge in [-0.3, -0.25) is 4.99 Å². The largest absolute Gasteiger partial charge is 0.489 e. The molecule has 0 spiro atoms. The zero-order chi connectivity index (χ0) is 21.4. The molecule has 0 fully saturated rings. The molecular weight excluding hydrogens is 413 g/mol. The van der Waals surface area contributed by atoms with E-state index in [1.54, 1.807) is 6.07 Å². The van der Waals surface area contributed by atoms with Crippen LogP contribution in [0.2, 0.25) is 10.0 Å². The van der Waals surface area contributed by atoms with Gasteiger partial charge in [0.2, 0.25) is 0 Å². The number of benzene rings is 2. The molecule has 2 rings (SSSR count). The summed E-state index contributed by atoms with van der Waals surface area (Å²) in [6, 6.07) is 13.6. The summed E-state index contributed by atoms with van der Waals surface area (Å²) < 4.78 is 5.81. The van der Waals surface area contributed by atoms with Crippen molar-refractivity contribution in [1.29, 1.82) is 0 Å². The third kappa shape index (κ3) is 10.5. The number of unbranched alkanes of at least 4 members (excludes halogenated alkanes) is 9. The molecule has 2 nitrogen and oxygen atoms in total. The molecule has 2 aromatic carbocycles. The molecule has 0 radical (unpaired) electrons. The van der Waals surface area contributed by atoms with Crippen LogP contribution in [0.1, 0.15) is 82.3 Å². The monoisotopic (exact) mass is 447 g/mol. The minimum atomic E-state index is 0.461. The molecule has 0 saturated carbocycles. The number of aliphatic imine (C=N–C) groups is 1. The number of nitrogens with zero attached hydrogens (tertiary/aromatic N) is 1. The Morgan fingerprint density at radius 1 is 0.767 bits per heavy atom. The van der Waals surface area contributed by atoms with Crippen LogP contribution in [0.15, 0.2) is 47.5 Å². The minimum absolute atomic E-state index is 0.461. The molecule has 0 unspecified atom stereocenters. The summed E-state index contributed by atoms with van der Waals surface area (Å²) in [6.07, 6.45) is 15.5. The van der Waals surface area contributed by atoms with Gasteiger partial charge in [-0.05, 0) is 53.9 Å². The molecule has 164 valence electrons. The van der Waals surface area contributed by atoms with Gasteiger partial charge in [0.25, 0.3) is 0 Å². The molecule has 0 heterocycles. The predicted octanol–water partition coefficient (Wildman–Crippen LogP) is 8.91. The van der Waals surface area contributed by atoms with Crippen LogP contribution < -0.4 is 4.74 Å². The molecule has 0 atom stereocenters. The highest BCUT2D eigenvalue weighted by Crippen LogP contribution is 2.23. The van der Waals surface area contributed by atoms with Gasteiger partial charge in [-0.2, -0.15) is 0 Å². The maximum absolute atomic E-state index is 6.04. The van der Waals surface area contributed by atoms with Gasteiger partial charge in [0, 0.05) is 12.8 Å². The lowest BCUT2D eigenvalue weighted by Crippen LogP contribution is -1.95. The van der Waals surface area contributed by atoms with E-state index in [1.165, 1.54) is 64.2 Å². The lowest BCUT2D eigenvalue weighted by molar-refractivity contribution is 0.306. The molecule has 0 aliphatic heterocycles. The third-order valence-corrected chi connectivity index (χ3v) is 5.89. The van der Waals surface area contributed by atoms with Crippen LogP contribution in [-0.2, 0) is 6.61 Å². The van der Waals surface area contributed by atoms with Crippen molar-refractivity contribution >= 4 is 29.4 Å². The van der Waals surface area contributed by atoms with Crippen LogP contribution in [0.25, 0.3) is 0 Å². The molecule has 4 heteroatoms. The van der Waals surface area contributed by atoms with Gasteiger partial charge >= 0.3 is 0 Å². The lowest BCUT2D eigenvalue weighted by atomic mass is 10.1. The molecule has 0 aromatic heterocycles. The summed E-state index contributed by atoms with van der Waals surface area (Å²) in [7, 11) is 0. The Hall–Kier alpha value is -1.51. The predicted molar refractivity (Wildman–Crippen MR) is 132 cm³/mol. The Morgan fingerprint density at radius 2 is 1.40 bits per heavy atom. The van der Waals surface area contributed by atoms with Crippen LogP contribution in [0.5, 0.6) is 5.75 Å². The van der Waals surface area contributed by atoms with Crippen LogP contribution >= 0.6 is 23.2 Å². The normalized spacial score (nSPS) is 11.3. The van der Waals surface area contributed by atoms with Crippen LogP contribution in [0.4, 0.5) is 0 Å². The van der Waals surface area contributed by atoms with Crippen molar-refractivity contribution in [3.05, 3.63) is 63.6 Å². The quantitative estimate of drug-likeness (QED) is 0.197. The average molecular weight is 448 g/mol. The summed E-state index contributed by atoms with van der Waals surface area (Å²) in [6.45, 7) is 3.64. The van der Waals surface area contributed by atoms with Crippen LogP contribution in [0, 0.1) is 0 Å². The summed E-state index contributed by atoms with van der Waals surface area (Å²) in [5, 5.41) is 1.11. The Labute approximate surface area is 192 Å². The van der Waals surface area contributed by atoms with Crippen LogP contribution in [-0.4, -0.2) is 12.8 Å². The van der Waals surface area contributed by atoms with Crippen molar-refractivity contribution in [1.82, 2.24) is 0 Å². The van der Waals surface area contributed by atoms with Gasteiger partial charge in [-0.1, -0.05) is 94.0 Å². The summed E-state index contributed by atoms with van der Waals surface area (Å²) in [5.41, 5.74) is 2.09. The maximum Gasteiger partial charge on any atom is 0.119 e. The first-order chi connectivity index (χ1) is 14.7. The number of rotatable bonds is 15. The van der Waals surface area contributed by atoms with E-state index >= 15 is 0 Å². The molecule has 30 heavy (non-hydrogen) atoms. The molecule has 0 amide bonds. The molecule has 0 saturated heterocycles. The zero-order valence-electron chi connectivity index (χ0n) is 18.2. The second-order valence-electron chi connectivity index (χ2n) is 7.82. The number of hydrogen-bond donors (Lipinski definition) is 0.